The number of fused-ring (bicyclic) bond motifs is 1. The fourth-order valence-electron chi connectivity index (χ4n) is 3.26. The van der Waals surface area contributed by atoms with E-state index in [1.807, 2.05) is 47.4 Å². The number of aliphatic imine (C=N–C) groups is 1. The first-order valence-electron chi connectivity index (χ1n) is 9.02. The summed E-state index contributed by atoms with van der Waals surface area (Å²) in [6, 6.07) is 13.5. The Morgan fingerprint density at radius 1 is 1.36 bits per heavy atom. The van der Waals surface area contributed by atoms with Gasteiger partial charge in [0.05, 0.1) is 5.92 Å². The summed E-state index contributed by atoms with van der Waals surface area (Å²) in [6.07, 6.45) is 2.41. The van der Waals surface area contributed by atoms with E-state index in [0.29, 0.717) is 28.7 Å². The van der Waals surface area contributed by atoms with Gasteiger partial charge in [-0.1, -0.05) is 30.0 Å². The number of aromatic amines is 1. The number of hydrogen-bond acceptors (Lipinski definition) is 5. The molecule has 7 nitrogen and oxygen atoms in total. The second-order valence-corrected chi connectivity index (χ2v) is 7.48. The maximum absolute atomic E-state index is 12.2. The van der Waals surface area contributed by atoms with E-state index in [0.717, 1.165) is 11.1 Å². The molecule has 0 aliphatic carbocycles. The minimum atomic E-state index is -1.02. The lowest BCUT2D eigenvalue weighted by atomic mass is 10.1. The van der Waals surface area contributed by atoms with Gasteiger partial charge in [-0.3, -0.25) is 4.79 Å². The second-order valence-electron chi connectivity index (χ2n) is 6.50. The summed E-state index contributed by atoms with van der Waals surface area (Å²) in [5.74, 6) is 0.476. The van der Waals surface area contributed by atoms with Gasteiger partial charge in [0.25, 0.3) is 0 Å². The molecule has 2 atom stereocenters. The van der Waals surface area contributed by atoms with Crippen LogP contribution >= 0.6 is 11.8 Å². The van der Waals surface area contributed by atoms with Crippen LogP contribution in [-0.4, -0.2) is 45.5 Å². The van der Waals surface area contributed by atoms with Crippen molar-refractivity contribution in [2.24, 2.45) is 10.9 Å². The van der Waals surface area contributed by atoms with E-state index >= 15 is 0 Å². The van der Waals surface area contributed by atoms with Gasteiger partial charge in [-0.25, -0.2) is 9.98 Å². The van der Waals surface area contributed by atoms with Crippen LogP contribution in [0.5, 0.6) is 0 Å². The number of amides is 1. The molecular weight excluding hydrogens is 374 g/mol. The van der Waals surface area contributed by atoms with Crippen molar-refractivity contribution in [2.75, 3.05) is 24.2 Å². The second kappa shape index (κ2) is 8.04. The number of aliphatic hydroxyl groups excluding tert-OH is 1. The number of thioether (sulfide) groups is 1. The largest absolute Gasteiger partial charge is 0.368 e. The van der Waals surface area contributed by atoms with Crippen LogP contribution in [0.2, 0.25) is 0 Å². The van der Waals surface area contributed by atoms with Gasteiger partial charge in [0, 0.05) is 48.4 Å². The van der Waals surface area contributed by atoms with Crippen LogP contribution in [0.15, 0.2) is 59.9 Å². The number of hydrogen-bond donors (Lipinski definition) is 3. The molecule has 3 N–H and O–H groups in total. The van der Waals surface area contributed by atoms with Gasteiger partial charge in [-0.15, -0.1) is 0 Å². The molecule has 28 heavy (non-hydrogen) atoms. The molecule has 1 amide bonds. The topological polar surface area (TPSA) is 93.6 Å². The van der Waals surface area contributed by atoms with Crippen LogP contribution in [-0.2, 0) is 4.79 Å². The van der Waals surface area contributed by atoms with Crippen molar-refractivity contribution in [3.8, 4) is 0 Å². The van der Waals surface area contributed by atoms with Crippen LogP contribution in [0.1, 0.15) is 11.8 Å². The quantitative estimate of drug-likeness (QED) is 0.631. The Kier molecular flexibility index (Phi) is 5.31. The van der Waals surface area contributed by atoms with Gasteiger partial charge in [-0.05, 0) is 24.3 Å². The fraction of sp³-hybridized carbons (Fsp3) is 0.250. The highest BCUT2D eigenvalue weighted by atomic mass is 32.2. The number of para-hydroxylation sites is 1. The van der Waals surface area contributed by atoms with Crippen LogP contribution in [0.3, 0.4) is 0 Å². The number of amidine groups is 1. The van der Waals surface area contributed by atoms with Crippen LogP contribution < -0.4 is 10.2 Å². The Morgan fingerprint density at radius 2 is 2.18 bits per heavy atom. The molecular formula is C20H21N5O2S. The average Bonchev–Trinajstić information content (AvgIpc) is 3.18. The highest BCUT2D eigenvalue weighted by Gasteiger charge is 2.31. The average molecular weight is 395 g/mol. The summed E-state index contributed by atoms with van der Waals surface area (Å²) in [5.41, 5.74) is 2.33. The number of carbonyl (C=O) groups is 1. The number of nitrogens with one attached hydrogen (secondary N) is 2. The molecule has 4 rings (SSSR count). The number of aliphatic hydroxyl groups is 1. The molecule has 2 unspecified atom stereocenters. The monoisotopic (exact) mass is 395 g/mol. The number of carbonyl (C=O) groups excluding carboxylic acids is 1. The minimum Gasteiger partial charge on any atom is -0.368 e. The highest BCUT2D eigenvalue weighted by molar-refractivity contribution is 8.14. The molecule has 1 aromatic carbocycles. The molecule has 144 valence electrons. The SMILES string of the molecule is CNC(=O)C1CSC(=NC(O)c2c[nH]c3ncccc23)N(c2ccccc2)C1. The Morgan fingerprint density at radius 3 is 2.96 bits per heavy atom. The van der Waals surface area contributed by atoms with Crippen molar-refractivity contribution >= 4 is 39.6 Å². The molecule has 3 aromatic rings. The molecule has 8 heteroatoms. The van der Waals surface area contributed by atoms with E-state index in [1.54, 1.807) is 19.4 Å². The Balaban J connectivity index is 1.66. The van der Waals surface area contributed by atoms with Gasteiger partial charge in [0.1, 0.15) is 5.65 Å². The fourth-order valence-corrected chi connectivity index (χ4v) is 4.38. The summed E-state index contributed by atoms with van der Waals surface area (Å²) in [6.45, 7) is 0.512. The van der Waals surface area contributed by atoms with Crippen molar-refractivity contribution in [3.63, 3.8) is 0 Å². The summed E-state index contributed by atoms with van der Waals surface area (Å²) >= 11 is 1.48. The van der Waals surface area contributed by atoms with E-state index in [-0.39, 0.29) is 11.8 Å². The van der Waals surface area contributed by atoms with Crippen molar-refractivity contribution in [1.29, 1.82) is 0 Å². The molecule has 1 aliphatic rings. The molecule has 0 spiro atoms. The number of aromatic nitrogens is 2. The normalized spacial score (nSPS) is 19.7. The summed E-state index contributed by atoms with van der Waals surface area (Å²) < 4.78 is 0. The highest BCUT2D eigenvalue weighted by Crippen LogP contribution is 2.31. The molecule has 1 fully saturated rings. The number of rotatable bonds is 4. The minimum absolute atomic E-state index is 0.00994. The van der Waals surface area contributed by atoms with E-state index < -0.39 is 6.23 Å². The number of benzene rings is 1. The molecule has 0 saturated carbocycles. The number of pyridine rings is 1. The number of nitrogens with zero attached hydrogens (tertiary/aromatic N) is 3. The molecule has 0 bridgehead atoms. The van der Waals surface area contributed by atoms with Gasteiger partial charge in [-0.2, -0.15) is 0 Å². The third-order valence-corrected chi connectivity index (χ3v) is 5.88. The van der Waals surface area contributed by atoms with Gasteiger partial charge < -0.3 is 20.3 Å². The summed E-state index contributed by atoms with van der Waals surface area (Å²) in [4.78, 5) is 26.1. The van der Waals surface area contributed by atoms with Gasteiger partial charge >= 0.3 is 0 Å². The first-order valence-corrected chi connectivity index (χ1v) is 10.0. The lowest BCUT2D eigenvalue weighted by Crippen LogP contribution is -2.45. The van der Waals surface area contributed by atoms with Crippen LogP contribution in [0, 0.1) is 5.92 Å². The predicted octanol–water partition coefficient (Wildman–Crippen LogP) is 2.53. The van der Waals surface area contributed by atoms with Crippen molar-refractivity contribution < 1.29 is 9.90 Å². The summed E-state index contributed by atoms with van der Waals surface area (Å²) in [5, 5.41) is 15.1. The first kappa shape index (κ1) is 18.5. The van der Waals surface area contributed by atoms with E-state index in [9.17, 15) is 9.90 Å². The summed E-state index contributed by atoms with van der Waals surface area (Å²) in [7, 11) is 1.65. The lowest BCUT2D eigenvalue weighted by molar-refractivity contribution is -0.123. The third kappa shape index (κ3) is 3.61. The Hall–Kier alpha value is -2.84. The zero-order valence-electron chi connectivity index (χ0n) is 15.4. The van der Waals surface area contributed by atoms with Crippen LogP contribution in [0.25, 0.3) is 11.0 Å². The molecule has 2 aromatic heterocycles. The molecule has 3 heterocycles. The zero-order valence-corrected chi connectivity index (χ0v) is 16.2. The van der Waals surface area contributed by atoms with Crippen molar-refractivity contribution in [1.82, 2.24) is 15.3 Å². The molecule has 0 radical (unpaired) electrons. The van der Waals surface area contributed by atoms with E-state index in [4.69, 9.17) is 0 Å². The third-order valence-electron chi connectivity index (χ3n) is 4.73. The maximum atomic E-state index is 12.2. The Bertz CT molecular complexity index is 1000. The zero-order chi connectivity index (χ0) is 19.5. The van der Waals surface area contributed by atoms with E-state index in [1.165, 1.54) is 11.8 Å². The Labute approximate surface area is 166 Å². The molecule has 1 aliphatic heterocycles. The first-order chi connectivity index (χ1) is 13.7. The van der Waals surface area contributed by atoms with Gasteiger partial charge in [0.15, 0.2) is 11.4 Å². The van der Waals surface area contributed by atoms with Crippen molar-refractivity contribution in [2.45, 2.75) is 6.23 Å². The van der Waals surface area contributed by atoms with Crippen LogP contribution in [0.4, 0.5) is 5.69 Å². The number of anilines is 1. The van der Waals surface area contributed by atoms with Gasteiger partial charge in [0.2, 0.25) is 5.91 Å². The molecule has 1 saturated heterocycles. The standard InChI is InChI=1S/C20H21N5O2S/c1-21-18(26)13-11-25(14-6-3-2-4-7-14)20(28-12-13)24-19(27)16-10-23-17-15(16)8-5-9-22-17/h2-10,13,19,27H,11-12H2,1H3,(H,21,26)(H,22,23). The maximum Gasteiger partial charge on any atom is 0.225 e. The van der Waals surface area contributed by atoms with Crippen molar-refractivity contribution in [3.05, 3.63) is 60.4 Å². The van der Waals surface area contributed by atoms with E-state index in [2.05, 4.69) is 20.3 Å². The lowest BCUT2D eigenvalue weighted by Gasteiger charge is -2.34. The number of H-pyrrole nitrogens is 1. The predicted molar refractivity (Wildman–Crippen MR) is 112 cm³/mol. The smallest absolute Gasteiger partial charge is 0.225 e.